The van der Waals surface area contributed by atoms with E-state index in [1.54, 1.807) is 12.1 Å². The summed E-state index contributed by atoms with van der Waals surface area (Å²) >= 11 is 0. The molecule has 3 rings (SSSR count). The minimum absolute atomic E-state index is 0.0391. The minimum Gasteiger partial charge on any atom is -0.535 e. The predicted molar refractivity (Wildman–Crippen MR) is 65.9 cm³/mol. The van der Waals surface area contributed by atoms with Crippen molar-refractivity contribution in [3.8, 4) is 11.5 Å². The molecule has 1 saturated heterocycles. The predicted octanol–water partition coefficient (Wildman–Crippen LogP) is 0.750. The van der Waals surface area contributed by atoms with E-state index in [1.165, 1.54) is 7.11 Å². The molecule has 7 heteroatoms. The number of aromatic carboxylic acids is 1. The fourth-order valence-corrected chi connectivity index (χ4v) is 2.75. The molecule has 0 saturated carbocycles. The third-order valence-corrected chi connectivity index (χ3v) is 3.71. The summed E-state index contributed by atoms with van der Waals surface area (Å²) in [5.41, 5.74) is 0.704. The number of hydrogen-bond donors (Lipinski definition) is 2. The molecule has 0 spiro atoms. The third-order valence-electron chi connectivity index (χ3n) is 3.71. The lowest BCUT2D eigenvalue weighted by Crippen LogP contribution is -2.36. The number of fused-ring (bicyclic) bond motifs is 3. The van der Waals surface area contributed by atoms with Crippen LogP contribution in [0.15, 0.2) is 12.1 Å². The van der Waals surface area contributed by atoms with E-state index in [9.17, 15) is 14.9 Å². The number of rotatable bonds is 2. The van der Waals surface area contributed by atoms with Gasteiger partial charge >= 0.3 is 13.1 Å². The number of methoxy groups -OCH3 is 1. The largest absolute Gasteiger partial charge is 0.535 e. The second-order valence-electron chi connectivity index (χ2n) is 4.68. The number of carboxylic acid groups (broad SMARTS) is 1. The van der Waals surface area contributed by atoms with Gasteiger partial charge in [-0.3, -0.25) is 0 Å². The highest BCUT2D eigenvalue weighted by molar-refractivity contribution is 6.47. The molecule has 0 aliphatic carbocycles. The first kappa shape index (κ1) is 12.3. The van der Waals surface area contributed by atoms with Gasteiger partial charge in [-0.05, 0) is 11.6 Å². The molecule has 1 aromatic rings. The third kappa shape index (κ3) is 1.77. The Balaban J connectivity index is 2.17. The summed E-state index contributed by atoms with van der Waals surface area (Å²) < 4.78 is 15.8. The average Bonchev–Trinajstić information content (AvgIpc) is 2.87. The zero-order valence-electron chi connectivity index (χ0n) is 10.3. The van der Waals surface area contributed by atoms with Gasteiger partial charge in [0.15, 0.2) is 0 Å². The molecule has 1 aromatic carbocycles. The maximum atomic E-state index is 11.4. The van der Waals surface area contributed by atoms with E-state index < -0.39 is 13.1 Å². The van der Waals surface area contributed by atoms with Crippen molar-refractivity contribution in [2.75, 3.05) is 20.3 Å². The SMILES string of the molecule is COc1ccc2c(c1C(=O)O)OB(O)[C@@H]1COC[C@H]21. The Kier molecular flexibility index (Phi) is 2.87. The summed E-state index contributed by atoms with van der Waals surface area (Å²) in [4.78, 5) is 11.4. The average molecular weight is 264 g/mol. The molecule has 19 heavy (non-hydrogen) atoms. The van der Waals surface area contributed by atoms with Gasteiger partial charge in [0, 0.05) is 18.3 Å². The maximum Gasteiger partial charge on any atom is 0.529 e. The molecule has 0 radical (unpaired) electrons. The Morgan fingerprint density at radius 2 is 2.26 bits per heavy atom. The lowest BCUT2D eigenvalue weighted by molar-refractivity contribution is 0.0690. The second-order valence-corrected chi connectivity index (χ2v) is 4.68. The fourth-order valence-electron chi connectivity index (χ4n) is 2.75. The van der Waals surface area contributed by atoms with Crippen LogP contribution in [0.25, 0.3) is 0 Å². The minimum atomic E-state index is -1.14. The van der Waals surface area contributed by atoms with Crippen LogP contribution in [0.3, 0.4) is 0 Å². The molecular weight excluding hydrogens is 251 g/mol. The van der Waals surface area contributed by atoms with Crippen LogP contribution < -0.4 is 9.39 Å². The normalized spacial score (nSPS) is 24.4. The monoisotopic (exact) mass is 264 g/mol. The smallest absolute Gasteiger partial charge is 0.529 e. The topological polar surface area (TPSA) is 85.2 Å². The molecule has 6 nitrogen and oxygen atoms in total. The number of ether oxygens (including phenoxy) is 2. The van der Waals surface area contributed by atoms with E-state index in [4.69, 9.17) is 14.1 Å². The van der Waals surface area contributed by atoms with Crippen molar-refractivity contribution in [3.63, 3.8) is 0 Å². The van der Waals surface area contributed by atoms with Gasteiger partial charge in [-0.15, -0.1) is 0 Å². The number of hydrogen-bond acceptors (Lipinski definition) is 5. The lowest BCUT2D eigenvalue weighted by Gasteiger charge is -2.30. The van der Waals surface area contributed by atoms with E-state index in [2.05, 4.69) is 0 Å². The van der Waals surface area contributed by atoms with Gasteiger partial charge in [-0.1, -0.05) is 6.07 Å². The molecule has 2 aliphatic heterocycles. The van der Waals surface area contributed by atoms with Gasteiger partial charge in [-0.25, -0.2) is 4.79 Å². The van der Waals surface area contributed by atoms with Crippen molar-refractivity contribution >= 4 is 13.1 Å². The summed E-state index contributed by atoms with van der Waals surface area (Å²) in [7, 11) is 0.347. The van der Waals surface area contributed by atoms with Crippen LogP contribution in [0.4, 0.5) is 0 Å². The van der Waals surface area contributed by atoms with Crippen LogP contribution in [0.5, 0.6) is 11.5 Å². The summed E-state index contributed by atoms with van der Waals surface area (Å²) in [5, 5.41) is 19.3. The number of benzene rings is 1. The van der Waals surface area contributed by atoms with E-state index >= 15 is 0 Å². The maximum absolute atomic E-state index is 11.4. The Morgan fingerprint density at radius 3 is 2.95 bits per heavy atom. The van der Waals surface area contributed by atoms with E-state index in [-0.39, 0.29) is 28.8 Å². The first-order chi connectivity index (χ1) is 9.13. The lowest BCUT2D eigenvalue weighted by atomic mass is 9.62. The van der Waals surface area contributed by atoms with Crippen LogP contribution in [-0.4, -0.2) is 43.5 Å². The molecule has 0 amide bonds. The van der Waals surface area contributed by atoms with Crippen LogP contribution in [0.2, 0.25) is 5.82 Å². The standard InChI is InChI=1S/C12H13BO6/c1-17-9-3-2-6-7-4-18-5-8(7)13(16)19-11(6)10(9)12(14)15/h2-3,7-8,16H,4-5H2,1H3,(H,14,15)/t7-,8-/m1/s1. The van der Waals surface area contributed by atoms with Crippen LogP contribution >= 0.6 is 0 Å². The van der Waals surface area contributed by atoms with Gasteiger partial charge in [0.05, 0.1) is 13.7 Å². The Hall–Kier alpha value is -1.73. The molecular formula is C12H13BO6. The van der Waals surface area contributed by atoms with Crippen molar-refractivity contribution in [2.24, 2.45) is 0 Å². The first-order valence-corrected chi connectivity index (χ1v) is 6.00. The van der Waals surface area contributed by atoms with E-state index in [0.717, 1.165) is 5.56 Å². The highest BCUT2D eigenvalue weighted by atomic mass is 16.5. The molecule has 2 heterocycles. The molecule has 2 aliphatic rings. The summed E-state index contributed by atoms with van der Waals surface area (Å²) in [5.74, 6) is -0.925. The van der Waals surface area contributed by atoms with Gasteiger partial charge in [0.1, 0.15) is 17.1 Å². The van der Waals surface area contributed by atoms with E-state index in [1.807, 2.05) is 0 Å². The Morgan fingerprint density at radius 1 is 1.47 bits per heavy atom. The number of carbonyl (C=O) groups is 1. The Bertz CT molecular complexity index is 531. The van der Waals surface area contributed by atoms with Gasteiger partial charge in [-0.2, -0.15) is 0 Å². The van der Waals surface area contributed by atoms with Crippen molar-refractivity contribution in [1.29, 1.82) is 0 Å². The van der Waals surface area contributed by atoms with E-state index in [0.29, 0.717) is 13.2 Å². The molecule has 0 aromatic heterocycles. The van der Waals surface area contributed by atoms with Crippen LogP contribution in [0.1, 0.15) is 21.8 Å². The highest BCUT2D eigenvalue weighted by Gasteiger charge is 2.47. The molecule has 0 unspecified atom stereocenters. The summed E-state index contributed by atoms with van der Waals surface area (Å²) in [6.45, 7) is 0.878. The fraction of sp³-hybridized carbons (Fsp3) is 0.417. The van der Waals surface area contributed by atoms with Crippen LogP contribution in [0, 0.1) is 0 Å². The number of carboxylic acids is 1. The van der Waals surface area contributed by atoms with Gasteiger partial charge < -0.3 is 24.3 Å². The van der Waals surface area contributed by atoms with Gasteiger partial charge in [0.2, 0.25) is 0 Å². The van der Waals surface area contributed by atoms with Crippen molar-refractivity contribution in [3.05, 3.63) is 23.3 Å². The Labute approximate surface area is 110 Å². The zero-order valence-corrected chi connectivity index (χ0v) is 10.3. The summed E-state index contributed by atoms with van der Waals surface area (Å²) in [6, 6.07) is 3.39. The molecule has 1 fully saturated rings. The van der Waals surface area contributed by atoms with Gasteiger partial charge in [0.25, 0.3) is 0 Å². The molecule has 2 atom stereocenters. The summed E-state index contributed by atoms with van der Waals surface area (Å²) in [6.07, 6.45) is 0. The molecule has 2 N–H and O–H groups in total. The quantitative estimate of drug-likeness (QED) is 0.766. The zero-order chi connectivity index (χ0) is 13.6. The van der Waals surface area contributed by atoms with Crippen molar-refractivity contribution in [2.45, 2.75) is 11.7 Å². The molecule has 0 bridgehead atoms. The van der Waals surface area contributed by atoms with Crippen LogP contribution in [-0.2, 0) is 4.74 Å². The second kappa shape index (κ2) is 4.43. The molecule has 100 valence electrons. The van der Waals surface area contributed by atoms with Crippen molar-refractivity contribution < 1.29 is 29.1 Å². The first-order valence-electron chi connectivity index (χ1n) is 6.00. The van der Waals surface area contributed by atoms with Crippen molar-refractivity contribution in [1.82, 2.24) is 0 Å². The highest BCUT2D eigenvalue weighted by Crippen LogP contribution is 2.48.